The van der Waals surface area contributed by atoms with Crippen LogP contribution in [-0.4, -0.2) is 15.7 Å². The summed E-state index contributed by atoms with van der Waals surface area (Å²) in [6, 6.07) is 4.13. The largest absolute Gasteiger partial charge is 0.456 e. The normalized spacial score (nSPS) is 10.7. The van der Waals surface area contributed by atoms with Gasteiger partial charge < -0.3 is 10.5 Å². The van der Waals surface area contributed by atoms with E-state index in [1.807, 2.05) is 6.92 Å². The van der Waals surface area contributed by atoms with Gasteiger partial charge in [-0.1, -0.05) is 24.6 Å². The minimum Gasteiger partial charge on any atom is -0.456 e. The third-order valence-electron chi connectivity index (χ3n) is 3.04. The molecule has 0 spiro atoms. The van der Waals surface area contributed by atoms with E-state index in [2.05, 4.69) is 5.10 Å². The Labute approximate surface area is 126 Å². The van der Waals surface area contributed by atoms with E-state index in [4.69, 9.17) is 22.1 Å². The second kappa shape index (κ2) is 6.13. The van der Waals surface area contributed by atoms with Crippen molar-refractivity contribution in [3.05, 3.63) is 46.0 Å². The summed E-state index contributed by atoms with van der Waals surface area (Å²) in [6.45, 7) is 1.87. The Balaban J connectivity index is 2.11. The topological polar surface area (TPSA) is 70.1 Å². The minimum absolute atomic E-state index is 0.0168. The number of aryl methyl sites for hydroxylation is 2. The molecule has 0 aliphatic carbocycles. The maximum atomic E-state index is 13.0. The van der Waals surface area contributed by atoms with Crippen molar-refractivity contribution in [2.24, 2.45) is 7.05 Å². The summed E-state index contributed by atoms with van der Waals surface area (Å²) in [4.78, 5) is 12.1. The van der Waals surface area contributed by atoms with Crippen molar-refractivity contribution in [1.29, 1.82) is 0 Å². The summed E-state index contributed by atoms with van der Waals surface area (Å²) < 4.78 is 19.6. The fraction of sp³-hybridized carbons (Fsp3) is 0.286. The molecule has 0 amide bonds. The van der Waals surface area contributed by atoms with Crippen molar-refractivity contribution in [2.75, 3.05) is 5.73 Å². The van der Waals surface area contributed by atoms with Gasteiger partial charge in [-0.15, -0.1) is 0 Å². The van der Waals surface area contributed by atoms with Crippen molar-refractivity contribution >= 4 is 23.3 Å². The summed E-state index contributed by atoms with van der Waals surface area (Å²) in [7, 11) is 1.63. The first kappa shape index (κ1) is 15.3. The molecule has 5 nitrogen and oxygen atoms in total. The highest BCUT2D eigenvalue weighted by Crippen LogP contribution is 2.20. The van der Waals surface area contributed by atoms with Crippen LogP contribution in [0, 0.1) is 5.82 Å². The fourth-order valence-electron chi connectivity index (χ4n) is 1.95. The third-order valence-corrected chi connectivity index (χ3v) is 3.33. The van der Waals surface area contributed by atoms with E-state index in [9.17, 15) is 9.18 Å². The Hall–Kier alpha value is -2.08. The lowest BCUT2D eigenvalue weighted by atomic mass is 10.2. The lowest BCUT2D eigenvalue weighted by Crippen LogP contribution is -2.12. The molecule has 0 fully saturated rings. The molecule has 7 heteroatoms. The molecule has 1 aromatic carbocycles. The van der Waals surface area contributed by atoms with Crippen LogP contribution in [0.25, 0.3) is 0 Å². The number of carbonyl (C=O) groups is 1. The molecular weight excluding hydrogens is 297 g/mol. The Bertz CT molecular complexity index is 685. The Morgan fingerprint density at radius 2 is 2.24 bits per heavy atom. The van der Waals surface area contributed by atoms with Gasteiger partial charge in [-0.3, -0.25) is 4.68 Å². The number of nitrogens with two attached hydrogens (primary N) is 1. The number of anilines is 1. The predicted octanol–water partition coefficient (Wildman–Crippen LogP) is 2.71. The summed E-state index contributed by atoms with van der Waals surface area (Å²) in [5, 5.41) is 4.13. The van der Waals surface area contributed by atoms with Crippen LogP contribution >= 0.6 is 11.6 Å². The van der Waals surface area contributed by atoms with E-state index >= 15 is 0 Å². The number of esters is 1. The quantitative estimate of drug-likeness (QED) is 0.881. The summed E-state index contributed by atoms with van der Waals surface area (Å²) in [5.41, 5.74) is 7.64. The van der Waals surface area contributed by atoms with Gasteiger partial charge in [-0.25, -0.2) is 9.18 Å². The molecule has 0 unspecified atom stereocenters. The number of nitrogen functional groups attached to an aromatic ring is 1. The molecule has 2 rings (SSSR count). The zero-order chi connectivity index (χ0) is 15.6. The first-order valence-corrected chi connectivity index (χ1v) is 6.74. The molecule has 21 heavy (non-hydrogen) atoms. The van der Waals surface area contributed by atoms with Gasteiger partial charge in [0.05, 0.1) is 16.4 Å². The van der Waals surface area contributed by atoms with Crippen molar-refractivity contribution in [3.63, 3.8) is 0 Å². The third kappa shape index (κ3) is 3.16. The van der Waals surface area contributed by atoms with E-state index < -0.39 is 11.8 Å². The molecule has 0 saturated carbocycles. The molecule has 0 bridgehead atoms. The summed E-state index contributed by atoms with van der Waals surface area (Å²) >= 11 is 5.67. The molecule has 1 heterocycles. The first-order chi connectivity index (χ1) is 9.93. The summed E-state index contributed by atoms with van der Waals surface area (Å²) in [6.07, 6.45) is 0.626. The zero-order valence-electron chi connectivity index (χ0n) is 11.7. The van der Waals surface area contributed by atoms with Gasteiger partial charge in [0.2, 0.25) is 0 Å². The SMILES string of the molecule is CCc1nn(C)c(C(=O)OCc2ccc(F)c(Cl)c2)c1N. The van der Waals surface area contributed by atoms with Crippen LogP contribution in [0.1, 0.15) is 28.7 Å². The number of hydrogen-bond donors (Lipinski definition) is 1. The van der Waals surface area contributed by atoms with E-state index in [-0.39, 0.29) is 17.3 Å². The molecule has 0 radical (unpaired) electrons. The van der Waals surface area contributed by atoms with Crippen molar-refractivity contribution < 1.29 is 13.9 Å². The van der Waals surface area contributed by atoms with Gasteiger partial charge in [0.1, 0.15) is 12.4 Å². The smallest absolute Gasteiger partial charge is 0.359 e. The average Bonchev–Trinajstić information content (AvgIpc) is 2.74. The van der Waals surface area contributed by atoms with Crippen molar-refractivity contribution in [2.45, 2.75) is 20.0 Å². The Morgan fingerprint density at radius 1 is 1.52 bits per heavy atom. The van der Waals surface area contributed by atoms with Gasteiger partial charge in [-0.2, -0.15) is 5.10 Å². The number of nitrogens with zero attached hydrogens (tertiary/aromatic N) is 2. The van der Waals surface area contributed by atoms with Crippen LogP contribution in [-0.2, 0) is 24.8 Å². The van der Waals surface area contributed by atoms with Crippen LogP contribution in [0.3, 0.4) is 0 Å². The number of ether oxygens (including phenoxy) is 1. The van der Waals surface area contributed by atoms with E-state index in [0.29, 0.717) is 23.4 Å². The maximum Gasteiger partial charge on any atom is 0.359 e. The number of hydrogen-bond acceptors (Lipinski definition) is 4. The second-order valence-corrected chi connectivity index (χ2v) is 4.92. The number of aromatic nitrogens is 2. The average molecular weight is 312 g/mol. The van der Waals surface area contributed by atoms with Gasteiger partial charge in [-0.05, 0) is 24.1 Å². The lowest BCUT2D eigenvalue weighted by Gasteiger charge is -2.06. The van der Waals surface area contributed by atoms with Gasteiger partial charge in [0.25, 0.3) is 0 Å². The molecule has 112 valence electrons. The van der Waals surface area contributed by atoms with Crippen molar-refractivity contribution in [1.82, 2.24) is 9.78 Å². The molecule has 0 saturated heterocycles. The zero-order valence-corrected chi connectivity index (χ0v) is 12.4. The molecule has 0 aliphatic heterocycles. The lowest BCUT2D eigenvalue weighted by molar-refractivity contribution is 0.0461. The fourth-order valence-corrected chi connectivity index (χ4v) is 2.15. The molecular formula is C14H15ClFN3O2. The van der Waals surface area contributed by atoms with Gasteiger partial charge in [0.15, 0.2) is 5.69 Å². The molecule has 2 N–H and O–H groups in total. The molecule has 0 atom stereocenters. The highest BCUT2D eigenvalue weighted by molar-refractivity contribution is 6.30. The maximum absolute atomic E-state index is 13.0. The predicted molar refractivity (Wildman–Crippen MR) is 77.5 cm³/mol. The minimum atomic E-state index is -0.581. The van der Waals surface area contributed by atoms with Crippen molar-refractivity contribution in [3.8, 4) is 0 Å². The van der Waals surface area contributed by atoms with E-state index in [1.165, 1.54) is 22.9 Å². The Morgan fingerprint density at radius 3 is 2.81 bits per heavy atom. The molecule has 1 aromatic heterocycles. The highest BCUT2D eigenvalue weighted by atomic mass is 35.5. The van der Waals surface area contributed by atoms with Gasteiger partial charge >= 0.3 is 5.97 Å². The van der Waals surface area contributed by atoms with Crippen LogP contribution in [0.15, 0.2) is 18.2 Å². The van der Waals surface area contributed by atoms with Crippen LogP contribution < -0.4 is 5.73 Å². The second-order valence-electron chi connectivity index (χ2n) is 4.51. The number of halogens is 2. The Kier molecular flexibility index (Phi) is 4.47. The van der Waals surface area contributed by atoms with Crippen LogP contribution in [0.5, 0.6) is 0 Å². The number of rotatable bonds is 4. The van der Waals surface area contributed by atoms with Crippen LogP contribution in [0.4, 0.5) is 10.1 Å². The monoisotopic (exact) mass is 311 g/mol. The van der Waals surface area contributed by atoms with E-state index in [0.717, 1.165) is 0 Å². The number of benzene rings is 1. The van der Waals surface area contributed by atoms with Gasteiger partial charge in [0, 0.05) is 7.05 Å². The van der Waals surface area contributed by atoms with E-state index in [1.54, 1.807) is 7.05 Å². The van der Waals surface area contributed by atoms with Crippen LogP contribution in [0.2, 0.25) is 5.02 Å². The number of carbonyl (C=O) groups excluding carboxylic acids is 1. The standard InChI is InChI=1S/C14H15ClFN3O2/c1-3-11-12(17)13(19(2)18-11)14(20)21-7-8-4-5-10(16)9(15)6-8/h4-6H,3,7,17H2,1-2H3. The molecule has 0 aliphatic rings. The molecule has 2 aromatic rings. The first-order valence-electron chi connectivity index (χ1n) is 6.36. The summed E-state index contributed by atoms with van der Waals surface area (Å²) in [5.74, 6) is -1.10. The highest BCUT2D eigenvalue weighted by Gasteiger charge is 2.20.